The van der Waals surface area contributed by atoms with Gasteiger partial charge in [-0.15, -0.1) is 11.3 Å². The number of hydrogen-bond donors (Lipinski definition) is 0. The normalized spacial score (nSPS) is 10.9. The van der Waals surface area contributed by atoms with Gasteiger partial charge in [0.05, 0.1) is 27.9 Å². The summed E-state index contributed by atoms with van der Waals surface area (Å²) in [4.78, 5) is 43.0. The van der Waals surface area contributed by atoms with E-state index in [1.807, 2.05) is 66.9 Å². The number of nitrogens with zero attached hydrogens (tertiary/aromatic N) is 6. The first kappa shape index (κ1) is 27.7. The SMILES string of the molecule is CN(C(=O)c1ccccc1)c1ccc2c(c1)nc(CC(=O)c1ccc(-c3cncc(C#N)c3)s1)n2CCc1cccnc1. The Balaban J connectivity index is 1.30. The lowest BCUT2D eigenvalue weighted by atomic mass is 10.1. The fourth-order valence-electron chi connectivity index (χ4n) is 4.95. The van der Waals surface area contributed by atoms with E-state index >= 15 is 0 Å². The van der Waals surface area contributed by atoms with E-state index in [9.17, 15) is 14.9 Å². The van der Waals surface area contributed by atoms with Gasteiger partial charge in [0.15, 0.2) is 5.78 Å². The molecule has 4 aromatic heterocycles. The fourth-order valence-corrected chi connectivity index (χ4v) is 5.87. The first-order valence-electron chi connectivity index (χ1n) is 13.7. The number of ketones is 1. The van der Waals surface area contributed by atoms with E-state index in [0.29, 0.717) is 39.6 Å². The van der Waals surface area contributed by atoms with E-state index in [-0.39, 0.29) is 18.1 Å². The van der Waals surface area contributed by atoms with Gasteiger partial charge in [-0.25, -0.2) is 4.98 Å². The number of imidazole rings is 1. The lowest BCUT2D eigenvalue weighted by molar-refractivity contribution is 0.0985. The zero-order valence-corrected chi connectivity index (χ0v) is 24.2. The molecule has 0 spiro atoms. The number of fused-ring (bicyclic) bond motifs is 1. The van der Waals surface area contributed by atoms with Gasteiger partial charge >= 0.3 is 0 Å². The number of carbonyl (C=O) groups excluding carboxylic acids is 2. The third kappa shape index (κ3) is 5.96. The Bertz CT molecular complexity index is 1980. The van der Waals surface area contributed by atoms with Crippen molar-refractivity contribution in [3.05, 3.63) is 131 Å². The fraction of sp³-hybridized carbons (Fsp3) is 0.118. The van der Waals surface area contributed by atoms with Crippen molar-refractivity contribution in [3.63, 3.8) is 0 Å². The zero-order valence-electron chi connectivity index (χ0n) is 23.3. The highest BCUT2D eigenvalue weighted by atomic mass is 32.1. The lowest BCUT2D eigenvalue weighted by Crippen LogP contribution is -2.26. The third-order valence-corrected chi connectivity index (χ3v) is 8.40. The highest BCUT2D eigenvalue weighted by molar-refractivity contribution is 7.17. The number of aromatic nitrogens is 4. The molecule has 1 amide bonds. The van der Waals surface area contributed by atoms with Crippen LogP contribution in [0.15, 0.2) is 104 Å². The number of nitriles is 1. The third-order valence-electron chi connectivity index (χ3n) is 7.22. The average Bonchev–Trinajstić information content (AvgIpc) is 3.69. The van der Waals surface area contributed by atoms with Crippen LogP contribution in [0.3, 0.4) is 0 Å². The minimum atomic E-state index is -0.115. The molecule has 0 N–H and O–H groups in total. The number of aryl methyl sites for hydroxylation is 2. The van der Waals surface area contributed by atoms with Crippen molar-refractivity contribution < 1.29 is 9.59 Å². The second-order valence-electron chi connectivity index (χ2n) is 10.0. The van der Waals surface area contributed by atoms with Crippen molar-refractivity contribution in [1.82, 2.24) is 19.5 Å². The van der Waals surface area contributed by atoms with Crippen LogP contribution in [0.5, 0.6) is 0 Å². The van der Waals surface area contributed by atoms with E-state index < -0.39 is 0 Å². The molecule has 0 saturated heterocycles. The standard InChI is InChI=1S/C34H26N6O2S/c1-39(34(42)25-7-3-2-4-8-25)27-9-10-29-28(17-27)38-33(40(29)15-13-23-6-5-14-36-20-23)18-30(41)32-12-11-31(43-32)26-16-24(19-35)21-37-22-26/h2-12,14,16-17,20-22H,13,15,18H2,1H3. The van der Waals surface area contributed by atoms with Crippen LogP contribution in [-0.4, -0.2) is 38.3 Å². The van der Waals surface area contributed by atoms with Crippen LogP contribution in [0.2, 0.25) is 0 Å². The predicted octanol–water partition coefficient (Wildman–Crippen LogP) is 6.37. The van der Waals surface area contributed by atoms with Crippen molar-refractivity contribution in [1.29, 1.82) is 5.26 Å². The molecular formula is C34H26N6O2S. The van der Waals surface area contributed by atoms with Crippen LogP contribution in [0.1, 0.15) is 37.0 Å². The Morgan fingerprint density at radius 1 is 0.953 bits per heavy atom. The highest BCUT2D eigenvalue weighted by Crippen LogP contribution is 2.30. The van der Waals surface area contributed by atoms with Gasteiger partial charge in [-0.3, -0.25) is 19.6 Å². The number of rotatable bonds is 9. The molecule has 0 bridgehead atoms. The van der Waals surface area contributed by atoms with Crippen molar-refractivity contribution in [2.45, 2.75) is 19.4 Å². The van der Waals surface area contributed by atoms with Gasteiger partial charge < -0.3 is 9.47 Å². The molecule has 43 heavy (non-hydrogen) atoms. The lowest BCUT2D eigenvalue weighted by Gasteiger charge is -2.17. The van der Waals surface area contributed by atoms with Crippen LogP contribution in [0.25, 0.3) is 21.5 Å². The summed E-state index contributed by atoms with van der Waals surface area (Å²) in [6, 6.07) is 26.4. The minimum absolute atomic E-state index is 0.0461. The molecule has 6 rings (SSSR count). The summed E-state index contributed by atoms with van der Waals surface area (Å²) < 4.78 is 2.08. The Morgan fingerprint density at radius 2 is 1.81 bits per heavy atom. The van der Waals surface area contributed by atoms with Gasteiger partial charge in [0.25, 0.3) is 5.91 Å². The molecule has 0 aliphatic carbocycles. The second kappa shape index (κ2) is 12.2. The average molecular weight is 583 g/mol. The van der Waals surface area contributed by atoms with Gasteiger partial charge in [0.2, 0.25) is 0 Å². The van der Waals surface area contributed by atoms with E-state index in [2.05, 4.69) is 20.6 Å². The number of benzene rings is 2. The van der Waals surface area contributed by atoms with E-state index in [1.165, 1.54) is 17.5 Å². The Labute approximate surface area is 252 Å². The molecule has 0 atom stereocenters. The largest absolute Gasteiger partial charge is 0.327 e. The number of amides is 1. The summed E-state index contributed by atoms with van der Waals surface area (Å²) in [7, 11) is 1.75. The van der Waals surface area contributed by atoms with E-state index in [4.69, 9.17) is 4.98 Å². The maximum atomic E-state index is 13.5. The van der Waals surface area contributed by atoms with Crippen LogP contribution in [-0.2, 0) is 19.4 Å². The molecule has 0 aliphatic heterocycles. The number of thiophene rings is 1. The highest BCUT2D eigenvalue weighted by Gasteiger charge is 2.20. The van der Waals surface area contributed by atoms with Crippen LogP contribution in [0, 0.1) is 11.3 Å². The van der Waals surface area contributed by atoms with Crippen molar-refractivity contribution in [3.8, 4) is 16.5 Å². The number of Topliss-reactive ketones (excluding diaryl/α,β-unsaturated/α-hetero) is 1. The molecule has 4 heterocycles. The molecule has 8 nitrogen and oxygen atoms in total. The molecule has 0 radical (unpaired) electrons. The predicted molar refractivity (Wildman–Crippen MR) is 167 cm³/mol. The van der Waals surface area contributed by atoms with Crippen molar-refractivity contribution >= 4 is 39.7 Å². The first-order valence-corrected chi connectivity index (χ1v) is 14.5. The number of anilines is 1. The second-order valence-corrected chi connectivity index (χ2v) is 11.1. The monoisotopic (exact) mass is 582 g/mol. The number of carbonyl (C=O) groups is 2. The van der Waals surface area contributed by atoms with Crippen molar-refractivity contribution in [2.75, 3.05) is 11.9 Å². The van der Waals surface area contributed by atoms with E-state index in [0.717, 1.165) is 27.9 Å². The van der Waals surface area contributed by atoms with Crippen molar-refractivity contribution in [2.24, 2.45) is 0 Å². The summed E-state index contributed by atoms with van der Waals surface area (Å²) in [5.74, 6) is 0.492. The maximum Gasteiger partial charge on any atom is 0.258 e. The van der Waals surface area contributed by atoms with Crippen LogP contribution >= 0.6 is 11.3 Å². The first-order chi connectivity index (χ1) is 21.0. The van der Waals surface area contributed by atoms with Gasteiger partial charge in [-0.2, -0.15) is 5.26 Å². The summed E-state index contributed by atoms with van der Waals surface area (Å²) in [6.07, 6.45) is 7.63. The van der Waals surface area contributed by atoms with Crippen LogP contribution in [0.4, 0.5) is 5.69 Å². The number of pyridine rings is 2. The molecule has 6 aromatic rings. The quantitative estimate of drug-likeness (QED) is 0.184. The zero-order chi connectivity index (χ0) is 29.8. The Kier molecular flexibility index (Phi) is 7.85. The summed E-state index contributed by atoms with van der Waals surface area (Å²) in [5, 5.41) is 9.22. The molecule has 210 valence electrons. The summed E-state index contributed by atoms with van der Waals surface area (Å²) in [5.41, 5.74) is 5.27. The molecule has 9 heteroatoms. The molecule has 0 fully saturated rings. The Morgan fingerprint density at radius 3 is 2.60 bits per heavy atom. The van der Waals surface area contributed by atoms with Crippen LogP contribution < -0.4 is 4.90 Å². The topological polar surface area (TPSA) is 105 Å². The minimum Gasteiger partial charge on any atom is -0.327 e. The van der Waals surface area contributed by atoms with Gasteiger partial charge in [-0.1, -0.05) is 24.3 Å². The molecule has 0 aliphatic rings. The molecule has 0 saturated carbocycles. The summed E-state index contributed by atoms with van der Waals surface area (Å²) in [6.45, 7) is 0.616. The van der Waals surface area contributed by atoms with Gasteiger partial charge in [0.1, 0.15) is 11.9 Å². The van der Waals surface area contributed by atoms with Gasteiger partial charge in [0, 0.05) is 60.1 Å². The number of hydrogen-bond acceptors (Lipinski definition) is 7. The molecule has 0 unspecified atom stereocenters. The van der Waals surface area contributed by atoms with Gasteiger partial charge in [-0.05, 0) is 66.6 Å². The smallest absolute Gasteiger partial charge is 0.258 e. The summed E-state index contributed by atoms with van der Waals surface area (Å²) >= 11 is 1.37. The maximum absolute atomic E-state index is 13.5. The Hall–Kier alpha value is -5.46. The molecular weight excluding hydrogens is 556 g/mol. The van der Waals surface area contributed by atoms with E-state index in [1.54, 1.807) is 42.5 Å². The molecule has 2 aromatic carbocycles.